The summed E-state index contributed by atoms with van der Waals surface area (Å²) in [5.41, 5.74) is 10.6. The van der Waals surface area contributed by atoms with E-state index in [2.05, 4.69) is 128 Å². The van der Waals surface area contributed by atoms with E-state index in [1.54, 1.807) is 0 Å². The van der Waals surface area contributed by atoms with E-state index in [0.717, 1.165) is 16.6 Å². The Kier molecular flexibility index (Phi) is 4.65. The Labute approximate surface area is 240 Å². The van der Waals surface area contributed by atoms with Crippen LogP contribution in [0.1, 0.15) is 11.1 Å². The van der Waals surface area contributed by atoms with Crippen LogP contribution in [0.25, 0.3) is 80.7 Å². The fraction of sp³-hybridized carbons (Fsp3) is 0.0526. The van der Waals surface area contributed by atoms with Gasteiger partial charge in [0.25, 0.3) is 0 Å². The Morgan fingerprint density at radius 2 is 1.17 bits per heavy atom. The second kappa shape index (κ2) is 8.33. The standard InChI is InChI=1S/C38H25NOS/c1-22-16-18-30-28(20-22)29-21-23(2)17-19-31(29)39(30)32-12-5-11-27-37-25(10-7-15-35(37)41-38(27)32)24-9-6-14-34-36(24)26-8-3-4-13-33(26)40-34/h3-21H,1-2H3. The second-order valence-corrected chi connectivity index (χ2v) is 12.1. The van der Waals surface area contributed by atoms with E-state index in [1.165, 1.54) is 75.3 Å². The van der Waals surface area contributed by atoms with Crippen molar-refractivity contribution in [2.75, 3.05) is 0 Å². The molecule has 9 rings (SSSR count). The highest BCUT2D eigenvalue weighted by atomic mass is 32.1. The highest BCUT2D eigenvalue weighted by Crippen LogP contribution is 2.46. The summed E-state index contributed by atoms with van der Waals surface area (Å²) in [6.07, 6.45) is 0. The molecule has 0 unspecified atom stereocenters. The number of nitrogens with zero attached hydrogens (tertiary/aromatic N) is 1. The van der Waals surface area contributed by atoms with Gasteiger partial charge in [0, 0.05) is 37.0 Å². The summed E-state index contributed by atoms with van der Waals surface area (Å²) in [7, 11) is 0. The number of fused-ring (bicyclic) bond motifs is 9. The van der Waals surface area contributed by atoms with Gasteiger partial charge in [-0.2, -0.15) is 0 Å². The first kappa shape index (κ1) is 22.9. The Morgan fingerprint density at radius 1 is 0.537 bits per heavy atom. The summed E-state index contributed by atoms with van der Waals surface area (Å²) in [6.45, 7) is 4.35. The summed E-state index contributed by atoms with van der Waals surface area (Å²) < 4.78 is 11.3. The molecule has 0 bridgehead atoms. The lowest BCUT2D eigenvalue weighted by Gasteiger charge is -2.10. The number of furan rings is 1. The minimum atomic E-state index is 0.927. The second-order valence-electron chi connectivity index (χ2n) is 11.1. The average Bonchev–Trinajstić information content (AvgIpc) is 3.66. The third-order valence-corrected chi connectivity index (χ3v) is 9.70. The first-order valence-corrected chi connectivity index (χ1v) is 14.8. The van der Waals surface area contributed by atoms with Gasteiger partial charge in [-0.25, -0.2) is 0 Å². The maximum Gasteiger partial charge on any atom is 0.136 e. The number of hydrogen-bond acceptors (Lipinski definition) is 2. The largest absolute Gasteiger partial charge is 0.456 e. The number of aryl methyl sites for hydroxylation is 2. The Hall–Kier alpha value is -4.86. The molecule has 3 heterocycles. The van der Waals surface area contributed by atoms with E-state index in [0.29, 0.717) is 0 Å². The number of thiophene rings is 1. The molecule has 0 N–H and O–H groups in total. The number of benzene rings is 6. The van der Waals surface area contributed by atoms with Crippen molar-refractivity contribution in [3.63, 3.8) is 0 Å². The van der Waals surface area contributed by atoms with Crippen LogP contribution in [0, 0.1) is 13.8 Å². The fourth-order valence-electron chi connectivity index (χ4n) is 6.74. The Bertz CT molecular complexity index is 2450. The number of aromatic nitrogens is 1. The smallest absolute Gasteiger partial charge is 0.136 e. The van der Waals surface area contributed by atoms with Gasteiger partial charge in [0.2, 0.25) is 0 Å². The van der Waals surface area contributed by atoms with Crippen LogP contribution in [0.4, 0.5) is 0 Å². The first-order valence-electron chi connectivity index (χ1n) is 14.0. The highest BCUT2D eigenvalue weighted by molar-refractivity contribution is 7.26. The summed E-state index contributed by atoms with van der Waals surface area (Å²) in [6, 6.07) is 42.0. The van der Waals surface area contributed by atoms with Crippen LogP contribution >= 0.6 is 11.3 Å². The van der Waals surface area contributed by atoms with Gasteiger partial charge in [0.15, 0.2) is 0 Å². The Morgan fingerprint density at radius 3 is 1.95 bits per heavy atom. The molecule has 41 heavy (non-hydrogen) atoms. The summed E-state index contributed by atoms with van der Waals surface area (Å²) in [5.74, 6) is 0. The lowest BCUT2D eigenvalue weighted by Crippen LogP contribution is -1.94. The van der Waals surface area contributed by atoms with Crippen molar-refractivity contribution in [1.29, 1.82) is 0 Å². The normalized spacial score (nSPS) is 12.1. The molecule has 6 aromatic carbocycles. The Balaban J connectivity index is 1.39. The van der Waals surface area contributed by atoms with Crippen LogP contribution in [0.15, 0.2) is 120 Å². The van der Waals surface area contributed by atoms with Gasteiger partial charge in [0.1, 0.15) is 11.2 Å². The van der Waals surface area contributed by atoms with Crippen molar-refractivity contribution < 1.29 is 4.42 Å². The van der Waals surface area contributed by atoms with Crippen molar-refractivity contribution in [3.05, 3.63) is 126 Å². The monoisotopic (exact) mass is 543 g/mol. The predicted octanol–water partition coefficient (Wildman–Crippen LogP) is 11.3. The molecule has 194 valence electrons. The SMILES string of the molecule is Cc1ccc2c(c1)c1cc(C)ccc1n2-c1cccc2c1sc1cccc(-c3cccc4oc5ccccc5c34)c12. The quantitative estimate of drug-likeness (QED) is 0.212. The van der Waals surface area contributed by atoms with Gasteiger partial charge in [0.05, 0.1) is 21.4 Å². The molecule has 0 aliphatic rings. The van der Waals surface area contributed by atoms with Gasteiger partial charge >= 0.3 is 0 Å². The number of hydrogen-bond donors (Lipinski definition) is 0. The van der Waals surface area contributed by atoms with Crippen LogP contribution in [-0.4, -0.2) is 4.57 Å². The van der Waals surface area contributed by atoms with E-state index < -0.39 is 0 Å². The van der Waals surface area contributed by atoms with Crippen molar-refractivity contribution in [1.82, 2.24) is 4.57 Å². The zero-order chi connectivity index (χ0) is 27.2. The van der Waals surface area contributed by atoms with Crippen LogP contribution in [-0.2, 0) is 0 Å². The molecule has 0 spiro atoms. The van der Waals surface area contributed by atoms with E-state index in [1.807, 2.05) is 17.4 Å². The lowest BCUT2D eigenvalue weighted by atomic mass is 9.95. The van der Waals surface area contributed by atoms with E-state index in [-0.39, 0.29) is 0 Å². The minimum Gasteiger partial charge on any atom is -0.456 e. The molecule has 0 saturated carbocycles. The van der Waals surface area contributed by atoms with Crippen LogP contribution < -0.4 is 0 Å². The molecule has 0 atom stereocenters. The molecule has 0 fully saturated rings. The van der Waals surface area contributed by atoms with E-state index in [9.17, 15) is 0 Å². The van der Waals surface area contributed by atoms with Crippen LogP contribution in [0.2, 0.25) is 0 Å². The fourth-order valence-corrected chi connectivity index (χ4v) is 7.98. The third-order valence-electron chi connectivity index (χ3n) is 8.51. The van der Waals surface area contributed by atoms with Gasteiger partial charge in [-0.05, 0) is 73.5 Å². The highest BCUT2D eigenvalue weighted by Gasteiger charge is 2.20. The maximum atomic E-state index is 6.26. The molecule has 3 aromatic heterocycles. The lowest BCUT2D eigenvalue weighted by molar-refractivity contribution is 0.669. The molecule has 9 aromatic rings. The summed E-state index contributed by atoms with van der Waals surface area (Å²) in [5, 5.41) is 7.55. The maximum absolute atomic E-state index is 6.26. The number of rotatable bonds is 2. The molecule has 3 heteroatoms. The van der Waals surface area contributed by atoms with Crippen LogP contribution in [0.3, 0.4) is 0 Å². The van der Waals surface area contributed by atoms with Gasteiger partial charge in [-0.3, -0.25) is 0 Å². The van der Waals surface area contributed by atoms with Crippen molar-refractivity contribution >= 4 is 75.3 Å². The first-order chi connectivity index (χ1) is 20.2. The molecule has 0 saturated heterocycles. The van der Waals surface area contributed by atoms with E-state index in [4.69, 9.17) is 4.42 Å². The van der Waals surface area contributed by atoms with Crippen molar-refractivity contribution in [2.24, 2.45) is 0 Å². The molecule has 0 aliphatic heterocycles. The molecular formula is C38H25NOS. The minimum absolute atomic E-state index is 0.927. The van der Waals surface area contributed by atoms with Crippen LogP contribution in [0.5, 0.6) is 0 Å². The van der Waals surface area contributed by atoms with Gasteiger partial charge in [-0.1, -0.05) is 77.9 Å². The zero-order valence-electron chi connectivity index (χ0n) is 22.7. The van der Waals surface area contributed by atoms with E-state index >= 15 is 0 Å². The van der Waals surface area contributed by atoms with Crippen molar-refractivity contribution in [3.8, 4) is 16.8 Å². The molecular weight excluding hydrogens is 518 g/mol. The van der Waals surface area contributed by atoms with Gasteiger partial charge < -0.3 is 8.98 Å². The van der Waals surface area contributed by atoms with Crippen molar-refractivity contribution in [2.45, 2.75) is 13.8 Å². The topological polar surface area (TPSA) is 18.1 Å². The molecule has 0 radical (unpaired) electrons. The average molecular weight is 544 g/mol. The third kappa shape index (κ3) is 3.18. The molecule has 0 aliphatic carbocycles. The summed E-state index contributed by atoms with van der Waals surface area (Å²) >= 11 is 1.89. The van der Waals surface area contributed by atoms with Gasteiger partial charge in [-0.15, -0.1) is 11.3 Å². The zero-order valence-corrected chi connectivity index (χ0v) is 23.5. The molecule has 2 nitrogen and oxygen atoms in total. The predicted molar refractivity (Wildman–Crippen MR) is 176 cm³/mol. The summed E-state index contributed by atoms with van der Waals surface area (Å²) in [4.78, 5) is 0. The number of para-hydroxylation sites is 1. The molecule has 0 amide bonds.